The number of anilines is 1. The van der Waals surface area contributed by atoms with Crippen LogP contribution < -0.4 is 5.32 Å². The number of carbonyl (C=O) groups is 2. The normalized spacial score (nSPS) is 10.7. The summed E-state index contributed by atoms with van der Waals surface area (Å²) in [5.74, 6) is -0.123. The van der Waals surface area contributed by atoms with E-state index >= 15 is 0 Å². The van der Waals surface area contributed by atoms with Crippen molar-refractivity contribution in [1.29, 1.82) is 0 Å². The van der Waals surface area contributed by atoms with Crippen molar-refractivity contribution in [3.05, 3.63) is 87.4 Å². The smallest absolute Gasteiger partial charge is 0.257 e. The highest BCUT2D eigenvalue weighted by atomic mass is 32.1. The topological polar surface area (TPSA) is 72.0 Å². The maximum atomic E-state index is 12.4. The van der Waals surface area contributed by atoms with Gasteiger partial charge in [-0.15, -0.1) is 11.3 Å². The number of hydrogen-bond acceptors (Lipinski definition) is 6. The van der Waals surface area contributed by atoms with Crippen LogP contribution in [0.4, 0.5) is 5.13 Å². The Morgan fingerprint density at radius 2 is 1.77 bits per heavy atom. The molecular weight excluding hydrogens is 414 g/mol. The zero-order valence-corrected chi connectivity index (χ0v) is 18.1. The number of amides is 1. The predicted octanol–water partition coefficient (Wildman–Crippen LogP) is 5.62. The van der Waals surface area contributed by atoms with Gasteiger partial charge < -0.3 is 0 Å². The molecule has 0 atom stereocenters. The van der Waals surface area contributed by atoms with Gasteiger partial charge in [0.25, 0.3) is 5.91 Å². The Hall–Kier alpha value is -3.16. The molecule has 150 valence electrons. The Morgan fingerprint density at radius 3 is 2.53 bits per heavy atom. The first-order chi connectivity index (χ1) is 14.5. The number of hydrogen-bond donors (Lipinski definition) is 1. The molecule has 5 nitrogen and oxygen atoms in total. The summed E-state index contributed by atoms with van der Waals surface area (Å²) < 4.78 is 0. The number of ketones is 1. The Balaban J connectivity index is 1.50. The lowest BCUT2D eigenvalue weighted by Gasteiger charge is -2.01. The second-order valence-electron chi connectivity index (χ2n) is 6.81. The molecule has 4 aromatic rings. The molecule has 30 heavy (non-hydrogen) atoms. The van der Waals surface area contributed by atoms with Crippen LogP contribution in [0.5, 0.6) is 0 Å². The van der Waals surface area contributed by atoms with Gasteiger partial charge in [-0.05, 0) is 37.6 Å². The molecule has 0 bridgehead atoms. The number of aryl methyl sites for hydroxylation is 1. The van der Waals surface area contributed by atoms with Gasteiger partial charge in [-0.2, -0.15) is 0 Å². The number of benzene rings is 2. The van der Waals surface area contributed by atoms with E-state index in [1.54, 1.807) is 30.4 Å². The second-order valence-corrected chi connectivity index (χ2v) is 8.76. The van der Waals surface area contributed by atoms with Crippen LogP contribution in [-0.4, -0.2) is 21.7 Å². The van der Waals surface area contributed by atoms with E-state index in [1.807, 2.05) is 54.8 Å². The number of nitrogens with one attached hydrogen (secondary N) is 1. The van der Waals surface area contributed by atoms with Gasteiger partial charge in [-0.1, -0.05) is 47.7 Å². The lowest BCUT2D eigenvalue weighted by atomic mass is 10.1. The molecule has 4 rings (SSSR count). The van der Waals surface area contributed by atoms with Crippen LogP contribution in [0.1, 0.15) is 43.9 Å². The predicted molar refractivity (Wildman–Crippen MR) is 122 cm³/mol. The summed E-state index contributed by atoms with van der Waals surface area (Å²) in [5, 5.41) is 6.39. The second kappa shape index (κ2) is 8.69. The first-order valence-corrected chi connectivity index (χ1v) is 11.1. The molecule has 0 saturated carbocycles. The fraction of sp³-hybridized carbons (Fsp3) is 0.130. The van der Waals surface area contributed by atoms with Crippen molar-refractivity contribution in [2.75, 3.05) is 5.32 Å². The number of rotatable bonds is 6. The highest BCUT2D eigenvalue weighted by Gasteiger charge is 2.15. The van der Waals surface area contributed by atoms with Gasteiger partial charge >= 0.3 is 0 Å². The van der Waals surface area contributed by atoms with Crippen molar-refractivity contribution in [1.82, 2.24) is 9.97 Å². The molecule has 2 heterocycles. The van der Waals surface area contributed by atoms with E-state index < -0.39 is 0 Å². The largest absolute Gasteiger partial charge is 0.298 e. The van der Waals surface area contributed by atoms with Crippen LogP contribution in [0.15, 0.2) is 60.0 Å². The minimum absolute atomic E-state index is 0.0574. The number of thiazole rings is 2. The average molecular weight is 434 g/mol. The Bertz CT molecular complexity index is 1210. The van der Waals surface area contributed by atoms with Gasteiger partial charge in [0.2, 0.25) is 0 Å². The molecule has 1 amide bonds. The summed E-state index contributed by atoms with van der Waals surface area (Å²) in [7, 11) is 0. The van der Waals surface area contributed by atoms with E-state index in [1.165, 1.54) is 11.3 Å². The van der Waals surface area contributed by atoms with Crippen LogP contribution in [0.25, 0.3) is 10.6 Å². The van der Waals surface area contributed by atoms with Crippen LogP contribution in [-0.2, 0) is 6.42 Å². The molecule has 0 unspecified atom stereocenters. The van der Waals surface area contributed by atoms with E-state index in [2.05, 4.69) is 10.3 Å². The molecule has 0 fully saturated rings. The van der Waals surface area contributed by atoms with Crippen molar-refractivity contribution in [3.63, 3.8) is 0 Å². The summed E-state index contributed by atoms with van der Waals surface area (Å²) in [5.41, 5.74) is 4.05. The molecule has 7 heteroatoms. The van der Waals surface area contributed by atoms with Crippen LogP contribution in [0, 0.1) is 6.92 Å². The van der Waals surface area contributed by atoms with Gasteiger partial charge in [0.1, 0.15) is 0 Å². The third-order valence-electron chi connectivity index (χ3n) is 4.53. The molecule has 2 aromatic carbocycles. The summed E-state index contributed by atoms with van der Waals surface area (Å²) >= 11 is 3.00. The fourth-order valence-corrected chi connectivity index (χ4v) is 4.83. The standard InChI is InChI=1S/C23H19N3O2S2/c1-14-21(30-23(24-14)26-22(28)17-8-4-3-5-9-17)19-13-29-20(25-19)12-16-7-6-10-18(11-16)15(2)27/h3-11,13H,12H2,1-2H3,(H,24,26,28). The Labute approximate surface area is 182 Å². The van der Waals surface area contributed by atoms with Crippen molar-refractivity contribution in [2.45, 2.75) is 20.3 Å². The minimum Gasteiger partial charge on any atom is -0.298 e. The maximum Gasteiger partial charge on any atom is 0.257 e. The molecule has 0 aliphatic heterocycles. The molecule has 0 radical (unpaired) electrons. The van der Waals surface area contributed by atoms with Gasteiger partial charge in [0, 0.05) is 22.9 Å². The van der Waals surface area contributed by atoms with Crippen molar-refractivity contribution >= 4 is 39.5 Å². The molecule has 0 aliphatic carbocycles. The lowest BCUT2D eigenvalue weighted by molar-refractivity contribution is 0.101. The summed E-state index contributed by atoms with van der Waals surface area (Å²) in [6.07, 6.45) is 0.668. The highest BCUT2D eigenvalue weighted by molar-refractivity contribution is 7.19. The van der Waals surface area contributed by atoms with Crippen LogP contribution in [0.2, 0.25) is 0 Å². The Morgan fingerprint density at radius 1 is 1.00 bits per heavy atom. The van der Waals surface area contributed by atoms with E-state index in [0.29, 0.717) is 22.7 Å². The molecule has 0 aliphatic rings. The molecule has 0 saturated heterocycles. The first kappa shape index (κ1) is 20.1. The van der Waals surface area contributed by atoms with Gasteiger partial charge in [0.05, 0.1) is 21.3 Å². The molecule has 1 N–H and O–H groups in total. The Kier molecular flexibility index (Phi) is 5.83. The van der Waals surface area contributed by atoms with E-state index in [4.69, 9.17) is 4.98 Å². The van der Waals surface area contributed by atoms with Gasteiger partial charge in [-0.3, -0.25) is 14.9 Å². The molecule has 0 spiro atoms. The highest BCUT2D eigenvalue weighted by Crippen LogP contribution is 2.34. The zero-order chi connectivity index (χ0) is 21.1. The quantitative estimate of drug-likeness (QED) is 0.401. The number of Topliss-reactive ketones (excluding diaryl/α,β-unsaturated/α-hetero) is 1. The number of carbonyl (C=O) groups excluding carboxylic acids is 2. The SMILES string of the molecule is CC(=O)c1cccc(Cc2nc(-c3sc(NC(=O)c4ccccc4)nc3C)cs2)c1. The average Bonchev–Trinajstić information content (AvgIpc) is 3.35. The molecular formula is C23H19N3O2S2. The summed E-state index contributed by atoms with van der Waals surface area (Å²) in [4.78, 5) is 34.2. The fourth-order valence-electron chi connectivity index (χ4n) is 3.02. The van der Waals surface area contributed by atoms with Crippen LogP contribution in [0.3, 0.4) is 0 Å². The third-order valence-corrected chi connectivity index (χ3v) is 6.47. The van der Waals surface area contributed by atoms with Crippen molar-refractivity contribution < 1.29 is 9.59 Å². The minimum atomic E-state index is -0.180. The van der Waals surface area contributed by atoms with Crippen molar-refractivity contribution in [2.24, 2.45) is 0 Å². The maximum absolute atomic E-state index is 12.4. The zero-order valence-electron chi connectivity index (χ0n) is 16.5. The van der Waals surface area contributed by atoms with Crippen molar-refractivity contribution in [3.8, 4) is 10.6 Å². The van der Waals surface area contributed by atoms with Gasteiger partial charge in [0.15, 0.2) is 10.9 Å². The third kappa shape index (κ3) is 4.53. The van der Waals surface area contributed by atoms with E-state index in [-0.39, 0.29) is 11.7 Å². The summed E-state index contributed by atoms with van der Waals surface area (Å²) in [6.45, 7) is 3.49. The number of aromatic nitrogens is 2. The monoisotopic (exact) mass is 433 g/mol. The van der Waals surface area contributed by atoms with E-state index in [9.17, 15) is 9.59 Å². The van der Waals surface area contributed by atoms with Gasteiger partial charge in [-0.25, -0.2) is 9.97 Å². The van der Waals surface area contributed by atoms with Crippen LogP contribution >= 0.6 is 22.7 Å². The lowest BCUT2D eigenvalue weighted by Crippen LogP contribution is -2.11. The molecule has 2 aromatic heterocycles. The number of nitrogens with zero attached hydrogens (tertiary/aromatic N) is 2. The van der Waals surface area contributed by atoms with E-state index in [0.717, 1.165) is 26.8 Å². The summed E-state index contributed by atoms with van der Waals surface area (Å²) in [6, 6.07) is 16.7. The first-order valence-electron chi connectivity index (χ1n) is 9.38.